The van der Waals surface area contributed by atoms with Gasteiger partial charge >= 0.3 is 5.97 Å². The summed E-state index contributed by atoms with van der Waals surface area (Å²) in [6.07, 6.45) is 0.865. The highest BCUT2D eigenvalue weighted by molar-refractivity contribution is 5.75. The van der Waals surface area contributed by atoms with E-state index in [9.17, 15) is 15.0 Å². The van der Waals surface area contributed by atoms with Crippen molar-refractivity contribution in [2.75, 3.05) is 27.4 Å². The van der Waals surface area contributed by atoms with Crippen LogP contribution in [0.1, 0.15) is 30.6 Å². The van der Waals surface area contributed by atoms with Crippen molar-refractivity contribution in [3.63, 3.8) is 0 Å². The largest absolute Gasteiger partial charge is 0.504 e. The molecule has 3 atom stereocenters. The Bertz CT molecular complexity index is 880. The summed E-state index contributed by atoms with van der Waals surface area (Å²) in [4.78, 5) is 12.6. The Hall–Kier alpha value is -2.93. The van der Waals surface area contributed by atoms with Crippen LogP contribution in [0.4, 0.5) is 0 Å². The number of carbonyl (C=O) groups is 1. The van der Waals surface area contributed by atoms with Crippen LogP contribution in [0.2, 0.25) is 0 Å². The zero-order chi connectivity index (χ0) is 21.7. The van der Waals surface area contributed by atoms with E-state index >= 15 is 0 Å². The molecule has 30 heavy (non-hydrogen) atoms. The van der Waals surface area contributed by atoms with E-state index in [-0.39, 0.29) is 30.0 Å². The summed E-state index contributed by atoms with van der Waals surface area (Å²) in [5.41, 5.74) is 1.67. The fraction of sp³-hybridized carbons (Fsp3) is 0.435. The molecule has 0 saturated carbocycles. The Morgan fingerprint density at radius 3 is 2.40 bits per heavy atom. The molecule has 0 radical (unpaired) electrons. The summed E-state index contributed by atoms with van der Waals surface area (Å²) in [5, 5.41) is 19.8. The lowest BCUT2D eigenvalue weighted by atomic mass is 9.82. The molecule has 0 aromatic heterocycles. The SMILES string of the molecule is CCCO[C@H](c1ccc(O)c(OC)c1)[C@H]1COC(=O)[C@@H]1Cc1ccc(O)c(OC)c1. The van der Waals surface area contributed by atoms with Gasteiger partial charge in [0.25, 0.3) is 0 Å². The smallest absolute Gasteiger partial charge is 0.309 e. The number of phenolic OH excluding ortho intramolecular Hbond substituents is 2. The van der Waals surface area contributed by atoms with Crippen molar-refractivity contribution in [3.8, 4) is 23.0 Å². The van der Waals surface area contributed by atoms with Crippen molar-refractivity contribution in [1.82, 2.24) is 0 Å². The van der Waals surface area contributed by atoms with Gasteiger partial charge in [0.1, 0.15) is 0 Å². The van der Waals surface area contributed by atoms with Crippen LogP contribution in [0.15, 0.2) is 36.4 Å². The van der Waals surface area contributed by atoms with Gasteiger partial charge in [-0.05, 0) is 48.2 Å². The molecule has 0 unspecified atom stereocenters. The molecule has 1 fully saturated rings. The minimum Gasteiger partial charge on any atom is -0.504 e. The Kier molecular flexibility index (Phi) is 7.05. The van der Waals surface area contributed by atoms with E-state index in [0.29, 0.717) is 24.5 Å². The lowest BCUT2D eigenvalue weighted by molar-refractivity contribution is -0.141. The molecule has 7 heteroatoms. The zero-order valence-corrected chi connectivity index (χ0v) is 17.5. The number of hydrogen-bond donors (Lipinski definition) is 2. The van der Waals surface area contributed by atoms with Crippen LogP contribution in [0.25, 0.3) is 0 Å². The summed E-state index contributed by atoms with van der Waals surface area (Å²) >= 11 is 0. The molecule has 2 aromatic carbocycles. The highest BCUT2D eigenvalue weighted by Gasteiger charge is 2.43. The van der Waals surface area contributed by atoms with Gasteiger partial charge in [0.15, 0.2) is 23.0 Å². The molecule has 0 bridgehead atoms. The molecule has 2 aromatic rings. The van der Waals surface area contributed by atoms with Gasteiger partial charge in [-0.15, -0.1) is 0 Å². The van der Waals surface area contributed by atoms with Gasteiger partial charge in [-0.25, -0.2) is 0 Å². The van der Waals surface area contributed by atoms with Gasteiger partial charge in [0, 0.05) is 12.5 Å². The van der Waals surface area contributed by atoms with E-state index in [1.54, 1.807) is 36.4 Å². The topological polar surface area (TPSA) is 94.5 Å². The quantitative estimate of drug-likeness (QED) is 0.603. The number of cyclic esters (lactones) is 1. The summed E-state index contributed by atoms with van der Waals surface area (Å²) in [6, 6.07) is 10.1. The van der Waals surface area contributed by atoms with Gasteiger partial charge in [-0.3, -0.25) is 4.79 Å². The highest BCUT2D eigenvalue weighted by atomic mass is 16.5. The van der Waals surface area contributed by atoms with E-state index in [4.69, 9.17) is 18.9 Å². The van der Waals surface area contributed by atoms with E-state index in [2.05, 4.69) is 0 Å². The Balaban J connectivity index is 1.90. The third kappa shape index (κ3) is 4.62. The summed E-state index contributed by atoms with van der Waals surface area (Å²) < 4.78 is 22.0. The lowest BCUT2D eigenvalue weighted by Crippen LogP contribution is -2.26. The summed E-state index contributed by atoms with van der Waals surface area (Å²) in [7, 11) is 2.97. The minimum absolute atomic E-state index is 0.0435. The van der Waals surface area contributed by atoms with Crippen molar-refractivity contribution in [2.24, 2.45) is 11.8 Å². The van der Waals surface area contributed by atoms with Crippen molar-refractivity contribution in [1.29, 1.82) is 0 Å². The van der Waals surface area contributed by atoms with E-state index in [1.165, 1.54) is 14.2 Å². The second kappa shape index (κ2) is 9.71. The number of hydrogen-bond acceptors (Lipinski definition) is 7. The summed E-state index contributed by atoms with van der Waals surface area (Å²) in [6.45, 7) is 2.79. The number of esters is 1. The van der Waals surface area contributed by atoms with Crippen LogP contribution >= 0.6 is 0 Å². The predicted molar refractivity (Wildman–Crippen MR) is 110 cm³/mol. The van der Waals surface area contributed by atoms with Gasteiger partial charge in [-0.2, -0.15) is 0 Å². The summed E-state index contributed by atoms with van der Waals surface area (Å²) in [5.74, 6) is -0.101. The second-order valence-corrected chi connectivity index (χ2v) is 7.33. The molecule has 1 saturated heterocycles. The Morgan fingerprint density at radius 1 is 1.07 bits per heavy atom. The Morgan fingerprint density at radius 2 is 1.73 bits per heavy atom. The third-order valence-electron chi connectivity index (χ3n) is 5.36. The number of rotatable bonds is 9. The molecule has 7 nitrogen and oxygen atoms in total. The third-order valence-corrected chi connectivity index (χ3v) is 5.36. The molecule has 3 rings (SSSR count). The maximum absolute atomic E-state index is 12.6. The number of methoxy groups -OCH3 is 2. The van der Waals surface area contributed by atoms with E-state index in [1.807, 2.05) is 6.92 Å². The zero-order valence-electron chi connectivity index (χ0n) is 17.5. The molecule has 1 aliphatic rings. The van der Waals surface area contributed by atoms with Gasteiger partial charge in [0.2, 0.25) is 0 Å². The lowest BCUT2D eigenvalue weighted by Gasteiger charge is -2.27. The van der Waals surface area contributed by atoms with Crippen molar-refractivity contribution >= 4 is 5.97 Å². The van der Waals surface area contributed by atoms with E-state index in [0.717, 1.165) is 17.5 Å². The second-order valence-electron chi connectivity index (χ2n) is 7.33. The molecular weight excluding hydrogens is 388 g/mol. The maximum Gasteiger partial charge on any atom is 0.309 e. The number of phenols is 2. The first-order valence-corrected chi connectivity index (χ1v) is 9.99. The van der Waals surface area contributed by atoms with E-state index < -0.39 is 12.0 Å². The standard InChI is InChI=1S/C23H28O7/c1-4-9-29-22(15-6-8-19(25)21(12-15)28-3)17-13-30-23(26)16(17)10-14-5-7-18(24)20(11-14)27-2/h5-8,11-12,16-17,22,24-25H,4,9-10,13H2,1-3H3/t16-,17+,22-/m1/s1. The molecule has 162 valence electrons. The monoisotopic (exact) mass is 416 g/mol. The molecule has 1 aliphatic heterocycles. The van der Waals surface area contributed by atoms with Crippen molar-refractivity contribution < 1.29 is 34.0 Å². The van der Waals surface area contributed by atoms with Crippen LogP contribution in [-0.4, -0.2) is 43.6 Å². The first-order chi connectivity index (χ1) is 14.5. The maximum atomic E-state index is 12.6. The van der Waals surface area contributed by atoms with Crippen LogP contribution < -0.4 is 9.47 Å². The fourth-order valence-corrected chi connectivity index (χ4v) is 3.80. The van der Waals surface area contributed by atoms with Crippen LogP contribution in [0.5, 0.6) is 23.0 Å². The van der Waals surface area contributed by atoms with Crippen LogP contribution in [0.3, 0.4) is 0 Å². The first-order valence-electron chi connectivity index (χ1n) is 9.99. The van der Waals surface area contributed by atoms with Gasteiger partial charge < -0.3 is 29.2 Å². The molecule has 0 aliphatic carbocycles. The van der Waals surface area contributed by atoms with Crippen LogP contribution in [-0.2, 0) is 20.7 Å². The highest BCUT2D eigenvalue weighted by Crippen LogP contribution is 2.41. The molecule has 0 amide bonds. The average molecular weight is 416 g/mol. The average Bonchev–Trinajstić information content (AvgIpc) is 3.10. The molecule has 2 N–H and O–H groups in total. The molecule has 0 spiro atoms. The van der Waals surface area contributed by atoms with Crippen molar-refractivity contribution in [3.05, 3.63) is 47.5 Å². The Labute approximate surface area is 176 Å². The fourth-order valence-electron chi connectivity index (χ4n) is 3.80. The first kappa shape index (κ1) is 21.8. The van der Waals surface area contributed by atoms with Gasteiger partial charge in [-0.1, -0.05) is 19.1 Å². The molecule has 1 heterocycles. The molecular formula is C23H28O7. The predicted octanol–water partition coefficient (Wildman–Crippen LogP) is 3.61. The van der Waals surface area contributed by atoms with Crippen LogP contribution in [0, 0.1) is 11.8 Å². The minimum atomic E-state index is -0.416. The number of carbonyl (C=O) groups excluding carboxylic acids is 1. The number of benzene rings is 2. The van der Waals surface area contributed by atoms with Crippen molar-refractivity contribution in [2.45, 2.75) is 25.9 Å². The number of ether oxygens (including phenoxy) is 4. The van der Waals surface area contributed by atoms with Gasteiger partial charge in [0.05, 0.1) is 32.8 Å². The normalized spacial score (nSPS) is 19.4. The number of aromatic hydroxyl groups is 2.